The van der Waals surface area contributed by atoms with E-state index in [0.29, 0.717) is 12.1 Å². The van der Waals surface area contributed by atoms with E-state index in [0.717, 1.165) is 12.8 Å². The van der Waals surface area contributed by atoms with Crippen molar-refractivity contribution in [3.05, 3.63) is 24.8 Å². The van der Waals surface area contributed by atoms with Gasteiger partial charge < -0.3 is 5.32 Å². The fraction of sp³-hybridized carbons (Fsp3) is 0.636. The second kappa shape index (κ2) is 6.01. The molecule has 0 saturated heterocycles. The van der Waals surface area contributed by atoms with Gasteiger partial charge in [0, 0.05) is 12.1 Å². The molecule has 12 heavy (non-hydrogen) atoms. The lowest BCUT2D eigenvalue weighted by Gasteiger charge is -2.17. The summed E-state index contributed by atoms with van der Waals surface area (Å²) in [6.45, 7) is 14.0. The summed E-state index contributed by atoms with van der Waals surface area (Å²) in [6.07, 6.45) is 4.16. The van der Waals surface area contributed by atoms with Crippen molar-refractivity contribution < 1.29 is 0 Å². The van der Waals surface area contributed by atoms with E-state index in [4.69, 9.17) is 0 Å². The average molecular weight is 167 g/mol. The Kier molecular flexibility index (Phi) is 5.73. The molecule has 0 aromatic carbocycles. The van der Waals surface area contributed by atoms with E-state index in [1.165, 1.54) is 5.57 Å². The zero-order chi connectivity index (χ0) is 9.56. The zero-order valence-corrected chi connectivity index (χ0v) is 8.56. The van der Waals surface area contributed by atoms with Gasteiger partial charge in [-0.25, -0.2) is 0 Å². The molecule has 0 aromatic rings. The molecule has 1 nitrogen and oxygen atoms in total. The van der Waals surface area contributed by atoms with Crippen molar-refractivity contribution in [3.63, 3.8) is 0 Å². The van der Waals surface area contributed by atoms with Gasteiger partial charge in [0.05, 0.1) is 0 Å². The maximum atomic E-state index is 3.88. The van der Waals surface area contributed by atoms with Crippen LogP contribution in [0.25, 0.3) is 0 Å². The van der Waals surface area contributed by atoms with Crippen LogP contribution in [-0.4, -0.2) is 12.1 Å². The minimum atomic E-state index is 0.432. The summed E-state index contributed by atoms with van der Waals surface area (Å²) in [5.41, 5.74) is 1.24. The Bertz CT molecular complexity index is 147. The molecule has 0 aliphatic rings. The van der Waals surface area contributed by atoms with Crippen LogP contribution < -0.4 is 5.32 Å². The molecule has 0 rings (SSSR count). The second-order valence-electron chi connectivity index (χ2n) is 3.66. The highest BCUT2D eigenvalue weighted by molar-refractivity contribution is 4.94. The highest BCUT2D eigenvalue weighted by Crippen LogP contribution is 2.05. The Labute approximate surface area is 76.6 Å². The molecular formula is C11H21N. The summed E-state index contributed by atoms with van der Waals surface area (Å²) < 4.78 is 0. The van der Waals surface area contributed by atoms with Crippen molar-refractivity contribution in [1.82, 2.24) is 5.32 Å². The minimum absolute atomic E-state index is 0.432. The number of rotatable bonds is 6. The fourth-order valence-corrected chi connectivity index (χ4v) is 1.10. The van der Waals surface area contributed by atoms with E-state index in [1.54, 1.807) is 0 Å². The Morgan fingerprint density at radius 3 is 2.42 bits per heavy atom. The predicted octanol–water partition coefficient (Wildman–Crippen LogP) is 2.90. The molecule has 0 aliphatic carbocycles. The summed E-state index contributed by atoms with van der Waals surface area (Å²) in [5, 5.41) is 3.43. The van der Waals surface area contributed by atoms with E-state index in [-0.39, 0.29) is 0 Å². The third-order valence-electron chi connectivity index (χ3n) is 1.71. The standard InChI is InChI=1S/C11H21N/c1-6-11(12-10(4)5)8-7-9(2)3/h6,10-12H,1-2,7-8H2,3-5H3. The molecule has 1 atom stereocenters. The first-order valence-corrected chi connectivity index (χ1v) is 4.59. The third-order valence-corrected chi connectivity index (χ3v) is 1.71. The summed E-state index contributed by atoms with van der Waals surface area (Å²) in [4.78, 5) is 0. The van der Waals surface area contributed by atoms with Crippen LogP contribution in [0.2, 0.25) is 0 Å². The summed E-state index contributed by atoms with van der Waals surface area (Å²) in [6, 6.07) is 0.958. The lowest BCUT2D eigenvalue weighted by Crippen LogP contribution is -2.33. The summed E-state index contributed by atoms with van der Waals surface area (Å²) in [5.74, 6) is 0. The largest absolute Gasteiger partial charge is 0.308 e. The van der Waals surface area contributed by atoms with Crippen LogP contribution in [-0.2, 0) is 0 Å². The SMILES string of the molecule is C=CC(CCC(=C)C)NC(C)C. The normalized spacial score (nSPS) is 13.0. The van der Waals surface area contributed by atoms with Gasteiger partial charge in [-0.05, 0) is 19.8 Å². The van der Waals surface area contributed by atoms with Gasteiger partial charge in [-0.15, -0.1) is 13.2 Å². The van der Waals surface area contributed by atoms with Crippen LogP contribution in [0.1, 0.15) is 33.6 Å². The van der Waals surface area contributed by atoms with Gasteiger partial charge >= 0.3 is 0 Å². The van der Waals surface area contributed by atoms with E-state index in [1.807, 2.05) is 6.08 Å². The molecule has 0 saturated carbocycles. The van der Waals surface area contributed by atoms with Crippen LogP contribution in [0, 0.1) is 0 Å². The van der Waals surface area contributed by atoms with E-state index >= 15 is 0 Å². The van der Waals surface area contributed by atoms with Gasteiger partial charge in [0.1, 0.15) is 0 Å². The molecule has 0 aliphatic heterocycles. The smallest absolute Gasteiger partial charge is 0.0252 e. The zero-order valence-electron chi connectivity index (χ0n) is 8.56. The summed E-state index contributed by atoms with van der Waals surface area (Å²) in [7, 11) is 0. The molecule has 0 amide bonds. The number of allylic oxidation sites excluding steroid dienone is 1. The van der Waals surface area contributed by atoms with Crippen molar-refractivity contribution in [3.8, 4) is 0 Å². The van der Waals surface area contributed by atoms with Crippen molar-refractivity contribution >= 4 is 0 Å². The molecule has 1 N–H and O–H groups in total. The van der Waals surface area contributed by atoms with Crippen LogP contribution in [0.5, 0.6) is 0 Å². The average Bonchev–Trinajstić information content (AvgIpc) is 1.97. The fourth-order valence-electron chi connectivity index (χ4n) is 1.10. The Hall–Kier alpha value is -0.560. The second-order valence-corrected chi connectivity index (χ2v) is 3.66. The first-order chi connectivity index (χ1) is 5.56. The van der Waals surface area contributed by atoms with Gasteiger partial charge in [0.2, 0.25) is 0 Å². The van der Waals surface area contributed by atoms with Gasteiger partial charge in [0.15, 0.2) is 0 Å². The van der Waals surface area contributed by atoms with Gasteiger partial charge in [-0.3, -0.25) is 0 Å². The molecule has 1 heteroatoms. The van der Waals surface area contributed by atoms with Gasteiger partial charge in [-0.1, -0.05) is 25.5 Å². The quantitative estimate of drug-likeness (QED) is 0.600. The predicted molar refractivity (Wildman–Crippen MR) is 56.3 cm³/mol. The minimum Gasteiger partial charge on any atom is -0.308 e. The number of hydrogen-bond donors (Lipinski definition) is 1. The molecule has 0 heterocycles. The topological polar surface area (TPSA) is 12.0 Å². The van der Waals surface area contributed by atoms with E-state index in [9.17, 15) is 0 Å². The molecular weight excluding hydrogens is 146 g/mol. The first kappa shape index (κ1) is 11.4. The van der Waals surface area contributed by atoms with E-state index in [2.05, 4.69) is 39.2 Å². The van der Waals surface area contributed by atoms with Crippen molar-refractivity contribution in [2.24, 2.45) is 0 Å². The van der Waals surface area contributed by atoms with Crippen molar-refractivity contribution in [2.45, 2.75) is 45.7 Å². The molecule has 0 fully saturated rings. The van der Waals surface area contributed by atoms with Crippen molar-refractivity contribution in [2.75, 3.05) is 0 Å². The first-order valence-electron chi connectivity index (χ1n) is 4.59. The Balaban J connectivity index is 3.67. The van der Waals surface area contributed by atoms with Gasteiger partial charge in [0.25, 0.3) is 0 Å². The maximum absolute atomic E-state index is 3.88. The maximum Gasteiger partial charge on any atom is 0.0252 e. The third kappa shape index (κ3) is 6.17. The molecule has 1 unspecified atom stereocenters. The number of hydrogen-bond acceptors (Lipinski definition) is 1. The molecule has 0 radical (unpaired) electrons. The Morgan fingerprint density at radius 2 is 2.08 bits per heavy atom. The lowest BCUT2D eigenvalue weighted by atomic mass is 10.1. The van der Waals surface area contributed by atoms with Crippen LogP contribution in [0.4, 0.5) is 0 Å². The molecule has 70 valence electrons. The highest BCUT2D eigenvalue weighted by atomic mass is 14.9. The molecule has 0 aromatic heterocycles. The van der Waals surface area contributed by atoms with Crippen molar-refractivity contribution in [1.29, 1.82) is 0 Å². The van der Waals surface area contributed by atoms with Crippen LogP contribution in [0.15, 0.2) is 24.8 Å². The molecule has 0 spiro atoms. The van der Waals surface area contributed by atoms with E-state index < -0.39 is 0 Å². The number of nitrogens with one attached hydrogen (secondary N) is 1. The highest BCUT2D eigenvalue weighted by Gasteiger charge is 2.04. The lowest BCUT2D eigenvalue weighted by molar-refractivity contribution is 0.499. The van der Waals surface area contributed by atoms with Gasteiger partial charge in [-0.2, -0.15) is 0 Å². The van der Waals surface area contributed by atoms with Crippen LogP contribution in [0.3, 0.4) is 0 Å². The summed E-state index contributed by atoms with van der Waals surface area (Å²) >= 11 is 0. The van der Waals surface area contributed by atoms with Crippen LogP contribution >= 0.6 is 0 Å². The Morgan fingerprint density at radius 1 is 1.50 bits per heavy atom. The molecule has 0 bridgehead atoms. The monoisotopic (exact) mass is 167 g/mol.